The topological polar surface area (TPSA) is 60.2 Å². The Bertz CT molecular complexity index is 632. The van der Waals surface area contributed by atoms with E-state index < -0.39 is 0 Å². The van der Waals surface area contributed by atoms with Crippen molar-refractivity contribution in [3.05, 3.63) is 35.7 Å². The molecular weight excluding hydrogens is 268 g/mol. The van der Waals surface area contributed by atoms with Crippen LogP contribution < -0.4 is 4.74 Å². The van der Waals surface area contributed by atoms with Crippen molar-refractivity contribution in [1.29, 1.82) is 0 Å². The Labute approximate surface area is 124 Å². The largest absolute Gasteiger partial charge is 0.497 e. The van der Waals surface area contributed by atoms with Crippen molar-refractivity contribution in [1.82, 2.24) is 19.9 Å². The summed E-state index contributed by atoms with van der Waals surface area (Å²) in [6, 6.07) is 7.49. The van der Waals surface area contributed by atoms with Gasteiger partial charge in [-0.2, -0.15) is 0 Å². The van der Waals surface area contributed by atoms with E-state index in [1.807, 2.05) is 45.0 Å². The predicted octanol–water partition coefficient (Wildman–Crippen LogP) is 2.07. The molecular formula is C15H20N4O2. The summed E-state index contributed by atoms with van der Waals surface area (Å²) in [4.78, 5) is 14.1. The molecule has 1 heterocycles. The van der Waals surface area contributed by atoms with Crippen LogP contribution in [0.1, 0.15) is 30.0 Å². The van der Waals surface area contributed by atoms with Gasteiger partial charge in [-0.1, -0.05) is 11.3 Å². The number of nitrogens with zero attached hydrogens (tertiary/aromatic N) is 4. The van der Waals surface area contributed by atoms with Gasteiger partial charge >= 0.3 is 0 Å². The van der Waals surface area contributed by atoms with Crippen LogP contribution in [0.3, 0.4) is 0 Å². The Morgan fingerprint density at radius 2 is 2.05 bits per heavy atom. The van der Waals surface area contributed by atoms with E-state index in [9.17, 15) is 4.79 Å². The minimum absolute atomic E-state index is 0.0911. The van der Waals surface area contributed by atoms with Gasteiger partial charge in [0, 0.05) is 19.2 Å². The second kappa shape index (κ2) is 6.39. The molecule has 0 aliphatic heterocycles. The van der Waals surface area contributed by atoms with Gasteiger partial charge in [0.05, 0.1) is 18.5 Å². The number of carbonyl (C=O) groups excluding carboxylic acids is 1. The van der Waals surface area contributed by atoms with Crippen molar-refractivity contribution in [2.45, 2.75) is 20.8 Å². The molecule has 0 atom stereocenters. The zero-order valence-corrected chi connectivity index (χ0v) is 12.8. The third kappa shape index (κ3) is 2.89. The Hall–Kier alpha value is -2.37. The van der Waals surface area contributed by atoms with Crippen molar-refractivity contribution in [2.24, 2.45) is 0 Å². The molecule has 1 aromatic carbocycles. The number of hydrogen-bond acceptors (Lipinski definition) is 4. The summed E-state index contributed by atoms with van der Waals surface area (Å²) in [5, 5.41) is 8.14. The highest BCUT2D eigenvalue weighted by Gasteiger charge is 2.21. The Morgan fingerprint density at radius 3 is 2.67 bits per heavy atom. The molecule has 1 amide bonds. The normalized spacial score (nSPS) is 10.5. The molecule has 0 bridgehead atoms. The number of benzene rings is 1. The van der Waals surface area contributed by atoms with Gasteiger partial charge < -0.3 is 9.64 Å². The molecule has 0 saturated carbocycles. The lowest BCUT2D eigenvalue weighted by atomic mass is 10.2. The highest BCUT2D eigenvalue weighted by molar-refractivity contribution is 5.93. The molecule has 21 heavy (non-hydrogen) atoms. The maximum Gasteiger partial charge on any atom is 0.276 e. The molecule has 0 aliphatic rings. The molecule has 2 aromatic rings. The summed E-state index contributed by atoms with van der Waals surface area (Å²) in [6.45, 7) is 7.05. The van der Waals surface area contributed by atoms with Gasteiger partial charge in [0.2, 0.25) is 0 Å². The summed E-state index contributed by atoms with van der Waals surface area (Å²) < 4.78 is 6.86. The number of amides is 1. The van der Waals surface area contributed by atoms with Crippen molar-refractivity contribution in [2.75, 3.05) is 20.2 Å². The highest BCUT2D eigenvalue weighted by Crippen LogP contribution is 2.18. The molecule has 0 fully saturated rings. The molecule has 6 heteroatoms. The smallest absolute Gasteiger partial charge is 0.276 e. The number of hydrogen-bond donors (Lipinski definition) is 0. The summed E-state index contributed by atoms with van der Waals surface area (Å²) in [5.74, 6) is 0.644. The molecule has 6 nitrogen and oxygen atoms in total. The first-order valence-electron chi connectivity index (χ1n) is 6.98. The lowest BCUT2D eigenvalue weighted by Gasteiger charge is -2.17. The summed E-state index contributed by atoms with van der Waals surface area (Å²) >= 11 is 0. The predicted molar refractivity (Wildman–Crippen MR) is 79.9 cm³/mol. The van der Waals surface area contributed by atoms with Crippen LogP contribution >= 0.6 is 0 Å². The fourth-order valence-corrected chi connectivity index (χ4v) is 2.17. The van der Waals surface area contributed by atoms with E-state index in [2.05, 4.69) is 10.3 Å². The van der Waals surface area contributed by atoms with Crippen LogP contribution in [0.4, 0.5) is 0 Å². The molecule has 0 saturated heterocycles. The molecule has 0 radical (unpaired) electrons. The molecule has 1 aromatic heterocycles. The number of ether oxygens (including phenoxy) is 1. The van der Waals surface area contributed by atoms with Crippen LogP contribution in [0.2, 0.25) is 0 Å². The molecule has 2 rings (SSSR count). The molecule has 112 valence electrons. The van der Waals surface area contributed by atoms with E-state index in [1.54, 1.807) is 16.7 Å². The maximum atomic E-state index is 12.4. The van der Waals surface area contributed by atoms with Crippen LogP contribution in [-0.4, -0.2) is 46.0 Å². The van der Waals surface area contributed by atoms with Crippen molar-refractivity contribution in [3.63, 3.8) is 0 Å². The van der Waals surface area contributed by atoms with Crippen molar-refractivity contribution >= 4 is 5.91 Å². The third-order valence-electron chi connectivity index (χ3n) is 3.45. The second-order valence-corrected chi connectivity index (χ2v) is 4.61. The van der Waals surface area contributed by atoms with Crippen LogP contribution in [0.15, 0.2) is 24.3 Å². The average Bonchev–Trinajstić information content (AvgIpc) is 2.90. The molecule has 0 spiro atoms. The molecule has 0 unspecified atom stereocenters. The van der Waals surface area contributed by atoms with Crippen LogP contribution in [0, 0.1) is 6.92 Å². The van der Waals surface area contributed by atoms with Crippen LogP contribution in [0.5, 0.6) is 5.75 Å². The van der Waals surface area contributed by atoms with Crippen LogP contribution in [-0.2, 0) is 0 Å². The minimum Gasteiger partial charge on any atom is -0.497 e. The van der Waals surface area contributed by atoms with Crippen LogP contribution in [0.25, 0.3) is 5.69 Å². The van der Waals surface area contributed by atoms with E-state index in [0.717, 1.165) is 17.1 Å². The van der Waals surface area contributed by atoms with E-state index >= 15 is 0 Å². The van der Waals surface area contributed by atoms with E-state index in [-0.39, 0.29) is 5.91 Å². The van der Waals surface area contributed by atoms with Gasteiger partial charge in [-0.25, -0.2) is 4.68 Å². The fourth-order valence-electron chi connectivity index (χ4n) is 2.17. The number of methoxy groups -OCH3 is 1. The second-order valence-electron chi connectivity index (χ2n) is 4.61. The van der Waals surface area contributed by atoms with Gasteiger partial charge in [-0.05, 0) is 32.9 Å². The van der Waals surface area contributed by atoms with Gasteiger partial charge in [0.15, 0.2) is 5.69 Å². The lowest BCUT2D eigenvalue weighted by molar-refractivity contribution is 0.0766. The third-order valence-corrected chi connectivity index (χ3v) is 3.45. The van der Waals surface area contributed by atoms with E-state index in [1.165, 1.54) is 0 Å². The van der Waals surface area contributed by atoms with Gasteiger partial charge in [-0.3, -0.25) is 4.79 Å². The number of rotatable bonds is 5. The fraction of sp³-hybridized carbons (Fsp3) is 0.400. The van der Waals surface area contributed by atoms with Crippen molar-refractivity contribution in [3.8, 4) is 11.4 Å². The SMILES string of the molecule is CCN(CC)C(=O)c1nnn(-c2cccc(OC)c2)c1C. The van der Waals surface area contributed by atoms with Gasteiger partial charge in [-0.15, -0.1) is 5.10 Å². The van der Waals surface area contributed by atoms with E-state index in [0.29, 0.717) is 18.8 Å². The number of carbonyl (C=O) groups is 1. The molecule has 0 N–H and O–H groups in total. The van der Waals surface area contributed by atoms with Gasteiger partial charge in [0.1, 0.15) is 5.75 Å². The van der Waals surface area contributed by atoms with Crippen molar-refractivity contribution < 1.29 is 9.53 Å². The Kier molecular flexibility index (Phi) is 4.57. The maximum absolute atomic E-state index is 12.4. The zero-order valence-electron chi connectivity index (χ0n) is 12.8. The first kappa shape index (κ1) is 15.0. The zero-order chi connectivity index (χ0) is 15.4. The summed E-state index contributed by atoms with van der Waals surface area (Å²) in [6.07, 6.45) is 0. The Morgan fingerprint density at radius 1 is 1.33 bits per heavy atom. The first-order chi connectivity index (χ1) is 10.1. The lowest BCUT2D eigenvalue weighted by Crippen LogP contribution is -2.31. The summed E-state index contributed by atoms with van der Waals surface area (Å²) in [5.41, 5.74) is 1.93. The highest BCUT2D eigenvalue weighted by atomic mass is 16.5. The summed E-state index contributed by atoms with van der Waals surface area (Å²) in [7, 11) is 1.61. The standard InChI is InChI=1S/C15H20N4O2/c1-5-18(6-2)15(20)14-11(3)19(17-16-14)12-8-7-9-13(10-12)21-4/h7-10H,5-6H2,1-4H3. The molecule has 0 aliphatic carbocycles. The first-order valence-corrected chi connectivity index (χ1v) is 6.98. The minimum atomic E-state index is -0.0911. The number of aromatic nitrogens is 3. The quantitative estimate of drug-likeness (QED) is 0.845. The monoisotopic (exact) mass is 288 g/mol. The van der Waals surface area contributed by atoms with Gasteiger partial charge in [0.25, 0.3) is 5.91 Å². The Balaban J connectivity index is 2.38. The average molecular weight is 288 g/mol. The van der Waals surface area contributed by atoms with E-state index in [4.69, 9.17) is 4.74 Å².